The lowest BCUT2D eigenvalue weighted by Crippen LogP contribution is -1.71. The van der Waals surface area contributed by atoms with Gasteiger partial charge in [0, 0.05) is 19.7 Å². The summed E-state index contributed by atoms with van der Waals surface area (Å²) in [6, 6.07) is 0. The highest BCUT2D eigenvalue weighted by atomic mass is 14.6. The van der Waals surface area contributed by atoms with Crippen LogP contribution in [0.1, 0.15) is 13.3 Å². The summed E-state index contributed by atoms with van der Waals surface area (Å²) in [7, 11) is 1.75. The van der Waals surface area contributed by atoms with Gasteiger partial charge in [0.2, 0.25) is 0 Å². The van der Waals surface area contributed by atoms with Crippen LogP contribution in [0.15, 0.2) is 16.6 Å². The van der Waals surface area contributed by atoms with Crippen LogP contribution in [-0.2, 0) is 0 Å². The summed E-state index contributed by atoms with van der Waals surface area (Å²) in [4.78, 5) is 3.80. The molecule has 0 aliphatic carbocycles. The van der Waals surface area contributed by atoms with Crippen LogP contribution in [0.3, 0.4) is 0 Å². The molecule has 9 heavy (non-hydrogen) atoms. The molecule has 0 saturated carbocycles. The van der Waals surface area contributed by atoms with Crippen molar-refractivity contribution in [2.45, 2.75) is 13.3 Å². The molecule has 0 aliphatic rings. The molecule has 0 radical (unpaired) electrons. The van der Waals surface area contributed by atoms with Crippen LogP contribution in [0.4, 0.5) is 0 Å². The SMILES string of the molecule is C#C/C(C)=C\CC=NC. The van der Waals surface area contributed by atoms with Crippen LogP contribution >= 0.6 is 0 Å². The van der Waals surface area contributed by atoms with Gasteiger partial charge >= 0.3 is 0 Å². The van der Waals surface area contributed by atoms with Crippen LogP contribution in [-0.4, -0.2) is 13.3 Å². The Labute approximate surface area is 56.5 Å². The summed E-state index contributed by atoms with van der Waals surface area (Å²) in [5.74, 6) is 2.52. The summed E-state index contributed by atoms with van der Waals surface area (Å²) in [5.41, 5.74) is 0.968. The molecule has 0 fully saturated rings. The molecule has 1 nitrogen and oxygen atoms in total. The van der Waals surface area contributed by atoms with Crippen LogP contribution in [0.25, 0.3) is 0 Å². The van der Waals surface area contributed by atoms with E-state index in [1.165, 1.54) is 0 Å². The van der Waals surface area contributed by atoms with Gasteiger partial charge in [0.05, 0.1) is 0 Å². The zero-order valence-electron chi connectivity index (χ0n) is 5.89. The van der Waals surface area contributed by atoms with Gasteiger partial charge in [0.1, 0.15) is 0 Å². The van der Waals surface area contributed by atoms with Crippen molar-refractivity contribution in [2.24, 2.45) is 4.99 Å². The molecule has 0 bridgehead atoms. The highest BCUT2D eigenvalue weighted by Crippen LogP contribution is 1.89. The molecular formula is C8H11N. The van der Waals surface area contributed by atoms with Crippen LogP contribution in [0.5, 0.6) is 0 Å². The largest absolute Gasteiger partial charge is 0.301 e. The summed E-state index contributed by atoms with van der Waals surface area (Å²) >= 11 is 0. The average molecular weight is 121 g/mol. The zero-order valence-corrected chi connectivity index (χ0v) is 5.89. The maximum absolute atomic E-state index is 5.09. The van der Waals surface area contributed by atoms with E-state index in [0.717, 1.165) is 12.0 Å². The fraction of sp³-hybridized carbons (Fsp3) is 0.375. The number of hydrogen-bond acceptors (Lipinski definition) is 1. The zero-order chi connectivity index (χ0) is 7.11. The number of hydrogen-bond donors (Lipinski definition) is 0. The predicted octanol–water partition coefficient (Wildman–Crippen LogP) is 1.66. The Morgan fingerprint density at radius 1 is 1.78 bits per heavy atom. The summed E-state index contributed by atoms with van der Waals surface area (Å²) in [5, 5.41) is 0. The van der Waals surface area contributed by atoms with Crippen molar-refractivity contribution >= 4 is 6.21 Å². The van der Waals surface area contributed by atoms with Crippen molar-refractivity contribution in [1.82, 2.24) is 0 Å². The number of aliphatic imine (C=N–C) groups is 1. The third-order valence-corrected chi connectivity index (χ3v) is 0.940. The molecule has 0 unspecified atom stereocenters. The molecule has 0 N–H and O–H groups in total. The molecule has 0 saturated heterocycles. The molecule has 0 atom stereocenters. The molecular weight excluding hydrogens is 110 g/mol. The second kappa shape index (κ2) is 5.11. The molecule has 1 heteroatoms. The molecule has 0 aromatic rings. The Hall–Kier alpha value is -1.03. The molecule has 0 aliphatic heterocycles. The van der Waals surface area contributed by atoms with Gasteiger partial charge in [0.25, 0.3) is 0 Å². The van der Waals surface area contributed by atoms with Gasteiger partial charge in [0.15, 0.2) is 0 Å². The van der Waals surface area contributed by atoms with Gasteiger partial charge < -0.3 is 4.99 Å². The smallest absolute Gasteiger partial charge is 0.0273 e. The molecule has 0 aromatic carbocycles. The van der Waals surface area contributed by atoms with E-state index in [-0.39, 0.29) is 0 Å². The first-order valence-electron chi connectivity index (χ1n) is 2.85. The summed E-state index contributed by atoms with van der Waals surface area (Å²) in [6.45, 7) is 1.91. The second-order valence-electron chi connectivity index (χ2n) is 1.71. The van der Waals surface area contributed by atoms with Gasteiger partial charge in [-0.05, 0) is 12.5 Å². The number of allylic oxidation sites excluding steroid dienone is 2. The molecule has 48 valence electrons. The van der Waals surface area contributed by atoms with E-state index in [1.807, 2.05) is 19.2 Å². The molecule has 0 spiro atoms. The Morgan fingerprint density at radius 2 is 2.44 bits per heavy atom. The van der Waals surface area contributed by atoms with Crippen LogP contribution < -0.4 is 0 Å². The quantitative estimate of drug-likeness (QED) is 0.389. The summed E-state index contributed by atoms with van der Waals surface area (Å²) in [6.07, 6.45) is 9.72. The lowest BCUT2D eigenvalue weighted by atomic mass is 10.2. The van der Waals surface area contributed by atoms with Gasteiger partial charge in [-0.1, -0.05) is 12.0 Å². The lowest BCUT2D eigenvalue weighted by molar-refractivity contribution is 1.38. The molecule has 0 amide bonds. The van der Waals surface area contributed by atoms with Gasteiger partial charge in [-0.25, -0.2) is 0 Å². The minimum Gasteiger partial charge on any atom is -0.301 e. The highest BCUT2D eigenvalue weighted by Gasteiger charge is 1.75. The van der Waals surface area contributed by atoms with Crippen molar-refractivity contribution in [3.63, 3.8) is 0 Å². The third-order valence-electron chi connectivity index (χ3n) is 0.940. The summed E-state index contributed by atoms with van der Waals surface area (Å²) < 4.78 is 0. The van der Waals surface area contributed by atoms with Crippen molar-refractivity contribution < 1.29 is 0 Å². The van der Waals surface area contributed by atoms with Crippen LogP contribution in [0, 0.1) is 12.3 Å². The standard InChI is InChI=1S/C8H11N/c1-4-8(2)6-5-7-9-3/h1,6-7H,5H2,2-3H3/b8-6-,9-7?. The monoisotopic (exact) mass is 121 g/mol. The van der Waals surface area contributed by atoms with Crippen molar-refractivity contribution in [3.05, 3.63) is 11.6 Å². The molecule has 0 rings (SSSR count). The fourth-order valence-corrected chi connectivity index (χ4v) is 0.394. The maximum atomic E-state index is 5.09. The predicted molar refractivity (Wildman–Crippen MR) is 41.6 cm³/mol. The number of terminal acetylenes is 1. The van der Waals surface area contributed by atoms with E-state index in [0.29, 0.717) is 0 Å². The Kier molecular flexibility index (Phi) is 4.53. The third kappa shape index (κ3) is 4.83. The van der Waals surface area contributed by atoms with Crippen molar-refractivity contribution in [3.8, 4) is 12.3 Å². The van der Waals surface area contributed by atoms with Gasteiger partial charge in [-0.2, -0.15) is 0 Å². The van der Waals surface area contributed by atoms with E-state index in [2.05, 4.69) is 10.9 Å². The van der Waals surface area contributed by atoms with E-state index >= 15 is 0 Å². The Bertz CT molecular complexity index is 158. The first-order chi connectivity index (χ1) is 4.31. The minimum atomic E-state index is 0.840. The Balaban J connectivity index is 3.60. The van der Waals surface area contributed by atoms with E-state index in [4.69, 9.17) is 6.42 Å². The van der Waals surface area contributed by atoms with Crippen LogP contribution in [0.2, 0.25) is 0 Å². The van der Waals surface area contributed by atoms with E-state index in [1.54, 1.807) is 7.05 Å². The fourth-order valence-electron chi connectivity index (χ4n) is 0.394. The molecule has 0 aromatic heterocycles. The first kappa shape index (κ1) is 7.97. The topological polar surface area (TPSA) is 12.4 Å². The van der Waals surface area contributed by atoms with E-state index < -0.39 is 0 Å². The highest BCUT2D eigenvalue weighted by molar-refractivity contribution is 5.59. The average Bonchev–Trinajstić information content (AvgIpc) is 1.89. The van der Waals surface area contributed by atoms with E-state index in [9.17, 15) is 0 Å². The van der Waals surface area contributed by atoms with Gasteiger partial charge in [-0.15, -0.1) is 6.42 Å². The van der Waals surface area contributed by atoms with Crippen molar-refractivity contribution in [1.29, 1.82) is 0 Å². The Morgan fingerprint density at radius 3 is 2.89 bits per heavy atom. The first-order valence-corrected chi connectivity index (χ1v) is 2.85. The number of rotatable bonds is 2. The molecule has 0 heterocycles. The number of nitrogens with zero attached hydrogens (tertiary/aromatic N) is 1. The maximum Gasteiger partial charge on any atom is 0.0273 e. The normalized spacial score (nSPS) is 11.9. The van der Waals surface area contributed by atoms with Crippen molar-refractivity contribution in [2.75, 3.05) is 7.05 Å². The lowest BCUT2D eigenvalue weighted by Gasteiger charge is -1.82. The van der Waals surface area contributed by atoms with Gasteiger partial charge in [-0.3, -0.25) is 0 Å². The second-order valence-corrected chi connectivity index (χ2v) is 1.71. The minimum absolute atomic E-state index is 0.840.